The molecule has 1 aliphatic carbocycles. The molecule has 2 atom stereocenters. The van der Waals surface area contributed by atoms with E-state index in [1.54, 1.807) is 18.0 Å². The fraction of sp³-hybridized carbons (Fsp3) is 0.571. The van der Waals surface area contributed by atoms with Crippen molar-refractivity contribution in [2.75, 3.05) is 20.2 Å². The molecule has 0 N–H and O–H groups in total. The first-order valence-corrected chi connectivity index (χ1v) is 9.24. The number of allylic oxidation sites excluding steroid dienone is 5. The number of rotatable bonds is 5. The summed E-state index contributed by atoms with van der Waals surface area (Å²) in [6.07, 6.45) is 8.03. The maximum atomic E-state index is 12.0. The van der Waals surface area contributed by atoms with Crippen molar-refractivity contribution in [3.05, 3.63) is 35.8 Å². The van der Waals surface area contributed by atoms with E-state index >= 15 is 0 Å². The van der Waals surface area contributed by atoms with E-state index in [0.29, 0.717) is 25.3 Å². The predicted molar refractivity (Wildman–Crippen MR) is 105 cm³/mol. The third-order valence-corrected chi connectivity index (χ3v) is 4.84. The molecule has 27 heavy (non-hydrogen) atoms. The summed E-state index contributed by atoms with van der Waals surface area (Å²) in [6, 6.07) is 2.08. The molecule has 0 spiro atoms. The van der Waals surface area contributed by atoms with Crippen molar-refractivity contribution < 1.29 is 14.3 Å². The van der Waals surface area contributed by atoms with Crippen LogP contribution in [0.2, 0.25) is 0 Å². The molecule has 0 fully saturated rings. The maximum Gasteiger partial charge on any atom is 0.410 e. The Hall–Kier alpha value is -2.55. The molecule has 1 aliphatic heterocycles. The Kier molecular flexibility index (Phi) is 6.15. The lowest BCUT2D eigenvalue weighted by atomic mass is 9.70. The van der Waals surface area contributed by atoms with E-state index in [9.17, 15) is 4.79 Å². The zero-order chi connectivity index (χ0) is 20.2. The Bertz CT molecular complexity index is 750. The second-order valence-electron chi connectivity index (χ2n) is 8.17. The summed E-state index contributed by atoms with van der Waals surface area (Å²) in [7, 11) is 1.73. The van der Waals surface area contributed by atoms with E-state index in [1.807, 2.05) is 39.0 Å². The number of carbonyl (C=O) groups excluding carboxylic acids is 1. The van der Waals surface area contributed by atoms with Gasteiger partial charge in [-0.05, 0) is 52.3 Å². The molecule has 6 heteroatoms. The van der Waals surface area contributed by atoms with Gasteiger partial charge in [0, 0.05) is 24.9 Å². The molecule has 2 aliphatic rings. The van der Waals surface area contributed by atoms with Gasteiger partial charge in [-0.15, -0.1) is 0 Å². The van der Waals surface area contributed by atoms with Crippen LogP contribution in [0.15, 0.2) is 40.8 Å². The molecule has 1 amide bonds. The first-order valence-electron chi connectivity index (χ1n) is 9.24. The van der Waals surface area contributed by atoms with Crippen LogP contribution in [-0.2, 0) is 9.47 Å². The van der Waals surface area contributed by atoms with E-state index in [1.165, 1.54) is 0 Å². The van der Waals surface area contributed by atoms with Crippen molar-refractivity contribution >= 4 is 11.8 Å². The van der Waals surface area contributed by atoms with Crippen molar-refractivity contribution in [3.8, 4) is 6.07 Å². The highest BCUT2D eigenvalue weighted by Crippen LogP contribution is 2.46. The summed E-state index contributed by atoms with van der Waals surface area (Å²) in [5, 5.41) is 9.04. The van der Waals surface area contributed by atoms with Gasteiger partial charge >= 0.3 is 6.09 Å². The second kappa shape index (κ2) is 7.99. The van der Waals surface area contributed by atoms with Gasteiger partial charge in [0.2, 0.25) is 0 Å². The Morgan fingerprint density at radius 3 is 2.74 bits per heavy atom. The smallest absolute Gasteiger partial charge is 0.410 e. The molecule has 0 saturated heterocycles. The van der Waals surface area contributed by atoms with Gasteiger partial charge in [-0.3, -0.25) is 0 Å². The molecule has 0 radical (unpaired) electrons. The number of fused-ring (bicyclic) bond motifs is 1. The number of amides is 1. The molecular weight excluding hydrogens is 342 g/mol. The molecule has 0 bridgehead atoms. The average Bonchev–Trinajstić information content (AvgIpc) is 2.59. The first-order chi connectivity index (χ1) is 12.6. The summed E-state index contributed by atoms with van der Waals surface area (Å²) in [5.41, 5.74) is 0.531. The van der Waals surface area contributed by atoms with Crippen LogP contribution in [-0.4, -0.2) is 42.5 Å². The molecule has 0 aromatic carbocycles. The zero-order valence-corrected chi connectivity index (χ0v) is 17.1. The number of nitriles is 1. The van der Waals surface area contributed by atoms with Crippen molar-refractivity contribution in [1.82, 2.24) is 4.90 Å². The quantitative estimate of drug-likeness (QED) is 0.678. The SMILES string of the molecule is CC1C(OCCCN(C)C(=O)OC(C)(C)C)=CC=C2N=C(C#N)C=CC21C. The normalized spacial score (nSPS) is 24.0. The van der Waals surface area contributed by atoms with Crippen LogP contribution in [0.4, 0.5) is 4.79 Å². The number of carbonyl (C=O) groups is 1. The van der Waals surface area contributed by atoms with Gasteiger partial charge in [-0.2, -0.15) is 5.26 Å². The van der Waals surface area contributed by atoms with Gasteiger partial charge in [0.25, 0.3) is 0 Å². The second-order valence-corrected chi connectivity index (χ2v) is 8.17. The van der Waals surface area contributed by atoms with E-state index in [2.05, 4.69) is 24.9 Å². The highest BCUT2D eigenvalue weighted by molar-refractivity contribution is 6.08. The predicted octanol–water partition coefficient (Wildman–Crippen LogP) is 4.22. The van der Waals surface area contributed by atoms with Crippen LogP contribution in [0.25, 0.3) is 0 Å². The molecule has 2 rings (SSSR count). The average molecular weight is 371 g/mol. The Morgan fingerprint density at radius 2 is 2.11 bits per heavy atom. The molecule has 6 nitrogen and oxygen atoms in total. The van der Waals surface area contributed by atoms with Crippen molar-refractivity contribution in [1.29, 1.82) is 5.26 Å². The van der Waals surface area contributed by atoms with Crippen molar-refractivity contribution in [2.45, 2.75) is 46.6 Å². The maximum absolute atomic E-state index is 12.0. The molecule has 1 heterocycles. The van der Waals surface area contributed by atoms with Gasteiger partial charge in [0.05, 0.1) is 12.3 Å². The summed E-state index contributed by atoms with van der Waals surface area (Å²) in [4.78, 5) is 17.9. The van der Waals surface area contributed by atoms with Crippen LogP contribution in [0.5, 0.6) is 0 Å². The standard InChI is InChI=1S/C21H29N3O3/c1-15-17(8-9-18-21(15,5)11-10-16(14-22)23-18)26-13-7-12-24(6)19(25)27-20(2,3)4/h8-11,15H,7,12-13H2,1-6H3. The van der Waals surface area contributed by atoms with Gasteiger partial charge in [0.15, 0.2) is 0 Å². The van der Waals surface area contributed by atoms with Gasteiger partial charge in [-0.25, -0.2) is 9.79 Å². The van der Waals surface area contributed by atoms with Gasteiger partial charge in [-0.1, -0.05) is 13.0 Å². The lowest BCUT2D eigenvalue weighted by Crippen LogP contribution is -2.35. The van der Waals surface area contributed by atoms with Gasteiger partial charge < -0.3 is 14.4 Å². The lowest BCUT2D eigenvalue weighted by molar-refractivity contribution is 0.0284. The molecule has 0 aromatic rings. The number of aliphatic imine (C=N–C) groups is 1. The summed E-state index contributed by atoms with van der Waals surface area (Å²) >= 11 is 0. The molecular formula is C21H29N3O3. The van der Waals surface area contributed by atoms with E-state index < -0.39 is 5.60 Å². The molecule has 0 aromatic heterocycles. The number of hydrogen-bond acceptors (Lipinski definition) is 5. The minimum atomic E-state index is -0.495. The fourth-order valence-corrected chi connectivity index (χ4v) is 2.97. The van der Waals surface area contributed by atoms with Crippen LogP contribution in [0, 0.1) is 22.7 Å². The highest BCUT2D eigenvalue weighted by Gasteiger charge is 2.39. The van der Waals surface area contributed by atoms with Crippen LogP contribution >= 0.6 is 0 Å². The van der Waals surface area contributed by atoms with Crippen molar-refractivity contribution in [3.63, 3.8) is 0 Å². The van der Waals surface area contributed by atoms with Crippen LogP contribution in [0.3, 0.4) is 0 Å². The number of ether oxygens (including phenoxy) is 2. The topological polar surface area (TPSA) is 74.9 Å². The zero-order valence-electron chi connectivity index (χ0n) is 17.1. The van der Waals surface area contributed by atoms with E-state index in [4.69, 9.17) is 14.7 Å². The number of hydrogen-bond donors (Lipinski definition) is 0. The van der Waals surface area contributed by atoms with Crippen LogP contribution in [0.1, 0.15) is 41.0 Å². The van der Waals surface area contributed by atoms with Crippen molar-refractivity contribution in [2.24, 2.45) is 16.3 Å². The number of dihydropyridines is 1. The van der Waals surface area contributed by atoms with E-state index in [-0.39, 0.29) is 17.4 Å². The molecule has 2 unspecified atom stereocenters. The summed E-state index contributed by atoms with van der Waals surface area (Å²) in [5.74, 6) is 1.00. The Labute approximate surface area is 161 Å². The number of nitrogens with zero attached hydrogens (tertiary/aromatic N) is 3. The lowest BCUT2D eigenvalue weighted by Gasteiger charge is -2.38. The Balaban J connectivity index is 1.89. The highest BCUT2D eigenvalue weighted by atomic mass is 16.6. The minimum Gasteiger partial charge on any atom is -0.498 e. The van der Waals surface area contributed by atoms with E-state index in [0.717, 1.165) is 11.5 Å². The third-order valence-electron chi connectivity index (χ3n) is 4.84. The monoisotopic (exact) mass is 371 g/mol. The largest absolute Gasteiger partial charge is 0.498 e. The Morgan fingerprint density at radius 1 is 1.41 bits per heavy atom. The van der Waals surface area contributed by atoms with Crippen LogP contribution < -0.4 is 0 Å². The first kappa shape index (κ1) is 20.8. The summed E-state index contributed by atoms with van der Waals surface area (Å²) in [6.45, 7) is 10.8. The fourth-order valence-electron chi connectivity index (χ4n) is 2.97. The molecule has 146 valence electrons. The third kappa shape index (κ3) is 5.00. The summed E-state index contributed by atoms with van der Waals surface area (Å²) < 4.78 is 11.3. The minimum absolute atomic E-state index is 0.112. The molecule has 0 saturated carbocycles. The van der Waals surface area contributed by atoms with Gasteiger partial charge in [0.1, 0.15) is 23.1 Å².